The van der Waals surface area contributed by atoms with Gasteiger partial charge in [0.2, 0.25) is 0 Å². The van der Waals surface area contributed by atoms with Crippen molar-refractivity contribution in [2.45, 2.75) is 23.9 Å². The molecule has 2 heterocycles. The fourth-order valence-electron chi connectivity index (χ4n) is 3.64. The highest BCUT2D eigenvalue weighted by atomic mass is 35.5. The van der Waals surface area contributed by atoms with E-state index in [1.165, 1.54) is 12.4 Å². The Morgan fingerprint density at radius 3 is 2.70 bits per heavy atom. The van der Waals surface area contributed by atoms with E-state index in [1.807, 2.05) is 24.3 Å². The van der Waals surface area contributed by atoms with Crippen LogP contribution in [-0.2, 0) is 6.18 Å². The summed E-state index contributed by atoms with van der Waals surface area (Å²) in [6.07, 6.45) is -0.957. The van der Waals surface area contributed by atoms with Gasteiger partial charge in [-0.15, -0.1) is 0 Å². The van der Waals surface area contributed by atoms with E-state index in [1.54, 1.807) is 11.9 Å². The molecule has 1 aliphatic heterocycles. The van der Waals surface area contributed by atoms with Gasteiger partial charge in [0.1, 0.15) is 12.1 Å². The molecule has 0 radical (unpaired) electrons. The SMILES string of the molecule is FC(F)(F)c1ccc2ncnc(N3CCCC(CNSc4ccc(Cl)cc4)C3)c2c1. The molecular weight excluding hydrogens is 433 g/mol. The first-order valence-electron chi connectivity index (χ1n) is 9.62. The van der Waals surface area contributed by atoms with Crippen molar-refractivity contribution < 1.29 is 13.2 Å². The number of halogens is 4. The number of hydrogen-bond acceptors (Lipinski definition) is 5. The molecule has 1 fully saturated rings. The van der Waals surface area contributed by atoms with Crippen LogP contribution in [0.2, 0.25) is 5.02 Å². The third kappa shape index (κ3) is 4.99. The van der Waals surface area contributed by atoms with Gasteiger partial charge >= 0.3 is 6.18 Å². The average Bonchev–Trinajstić information content (AvgIpc) is 2.74. The van der Waals surface area contributed by atoms with Crippen molar-refractivity contribution in [3.05, 3.63) is 59.4 Å². The number of alkyl halides is 3. The molecule has 30 heavy (non-hydrogen) atoms. The van der Waals surface area contributed by atoms with Crippen LogP contribution in [0.25, 0.3) is 10.9 Å². The lowest BCUT2D eigenvalue weighted by Crippen LogP contribution is -2.39. The number of fused-ring (bicyclic) bond motifs is 1. The summed E-state index contributed by atoms with van der Waals surface area (Å²) >= 11 is 7.46. The van der Waals surface area contributed by atoms with Crippen molar-refractivity contribution in [2.24, 2.45) is 5.92 Å². The first kappa shape index (κ1) is 21.2. The number of piperidine rings is 1. The number of anilines is 1. The highest BCUT2D eigenvalue weighted by Gasteiger charge is 2.31. The maximum absolute atomic E-state index is 13.2. The van der Waals surface area contributed by atoms with Gasteiger partial charge in [0.25, 0.3) is 0 Å². The predicted octanol–water partition coefficient (Wildman–Crippen LogP) is 5.82. The van der Waals surface area contributed by atoms with Gasteiger partial charge in [0.05, 0.1) is 11.1 Å². The second-order valence-corrected chi connectivity index (χ2v) is 8.69. The van der Waals surface area contributed by atoms with Gasteiger partial charge in [-0.05, 0) is 73.2 Å². The van der Waals surface area contributed by atoms with E-state index in [0.717, 1.165) is 49.5 Å². The molecule has 9 heteroatoms. The summed E-state index contributed by atoms with van der Waals surface area (Å²) in [6.45, 7) is 2.29. The highest BCUT2D eigenvalue weighted by molar-refractivity contribution is 7.97. The molecule has 4 rings (SSSR count). The quantitative estimate of drug-likeness (QED) is 0.494. The van der Waals surface area contributed by atoms with E-state index in [0.29, 0.717) is 27.7 Å². The van der Waals surface area contributed by atoms with Gasteiger partial charge in [-0.25, -0.2) is 9.97 Å². The van der Waals surface area contributed by atoms with Crippen LogP contribution >= 0.6 is 23.5 Å². The molecule has 158 valence electrons. The molecule has 3 aromatic rings. The molecule has 0 amide bonds. The van der Waals surface area contributed by atoms with E-state index in [9.17, 15) is 13.2 Å². The molecule has 0 aliphatic carbocycles. The summed E-state index contributed by atoms with van der Waals surface area (Å²) in [6, 6.07) is 11.2. The van der Waals surface area contributed by atoms with E-state index in [4.69, 9.17) is 11.6 Å². The van der Waals surface area contributed by atoms with Gasteiger partial charge in [0, 0.05) is 34.9 Å². The van der Waals surface area contributed by atoms with Crippen molar-refractivity contribution in [1.82, 2.24) is 14.7 Å². The average molecular weight is 453 g/mol. The summed E-state index contributed by atoms with van der Waals surface area (Å²) in [4.78, 5) is 11.6. The Labute approximate surface area is 182 Å². The fraction of sp³-hybridized carbons (Fsp3) is 0.333. The van der Waals surface area contributed by atoms with E-state index in [-0.39, 0.29) is 0 Å². The lowest BCUT2D eigenvalue weighted by Gasteiger charge is -2.34. The number of rotatable bonds is 5. The van der Waals surface area contributed by atoms with E-state index in [2.05, 4.69) is 19.6 Å². The third-order valence-corrected chi connectivity index (χ3v) is 6.21. The molecule has 1 N–H and O–H groups in total. The number of nitrogens with one attached hydrogen (secondary N) is 1. The highest BCUT2D eigenvalue weighted by Crippen LogP contribution is 2.34. The van der Waals surface area contributed by atoms with E-state index < -0.39 is 11.7 Å². The Morgan fingerprint density at radius 1 is 1.13 bits per heavy atom. The largest absolute Gasteiger partial charge is 0.416 e. The smallest absolute Gasteiger partial charge is 0.356 e. The van der Waals surface area contributed by atoms with Crippen LogP contribution in [0.5, 0.6) is 0 Å². The Hall–Kier alpha value is -2.03. The van der Waals surface area contributed by atoms with Crippen LogP contribution in [0.15, 0.2) is 53.7 Å². The van der Waals surface area contributed by atoms with Crippen molar-refractivity contribution in [1.29, 1.82) is 0 Å². The Morgan fingerprint density at radius 2 is 1.93 bits per heavy atom. The molecule has 4 nitrogen and oxygen atoms in total. The van der Waals surface area contributed by atoms with Crippen molar-refractivity contribution in [3.63, 3.8) is 0 Å². The van der Waals surface area contributed by atoms with Crippen LogP contribution in [0.4, 0.5) is 19.0 Å². The summed E-state index contributed by atoms with van der Waals surface area (Å²) in [5.41, 5.74) is -0.160. The summed E-state index contributed by atoms with van der Waals surface area (Å²) < 4.78 is 42.9. The molecule has 0 saturated carbocycles. The van der Waals surface area contributed by atoms with Crippen molar-refractivity contribution in [3.8, 4) is 0 Å². The maximum atomic E-state index is 13.2. The molecule has 0 bridgehead atoms. The first-order valence-corrected chi connectivity index (χ1v) is 10.8. The number of benzene rings is 2. The van der Waals surface area contributed by atoms with E-state index >= 15 is 0 Å². The summed E-state index contributed by atoms with van der Waals surface area (Å²) in [5, 5.41) is 1.14. The van der Waals surface area contributed by atoms with Gasteiger partial charge in [-0.2, -0.15) is 13.2 Å². The molecule has 1 aromatic heterocycles. The topological polar surface area (TPSA) is 41.1 Å². The third-order valence-electron chi connectivity index (χ3n) is 5.14. The van der Waals surface area contributed by atoms with Crippen LogP contribution in [-0.4, -0.2) is 29.6 Å². The van der Waals surface area contributed by atoms with Crippen molar-refractivity contribution >= 4 is 40.3 Å². The maximum Gasteiger partial charge on any atom is 0.416 e. The lowest BCUT2D eigenvalue weighted by atomic mass is 9.98. The van der Waals surface area contributed by atoms with Gasteiger partial charge < -0.3 is 4.90 Å². The van der Waals surface area contributed by atoms with Crippen LogP contribution in [0.3, 0.4) is 0 Å². The molecule has 1 saturated heterocycles. The summed E-state index contributed by atoms with van der Waals surface area (Å²) in [7, 11) is 0. The Balaban J connectivity index is 1.46. The minimum Gasteiger partial charge on any atom is -0.356 e. The molecule has 1 unspecified atom stereocenters. The van der Waals surface area contributed by atoms with Crippen molar-refractivity contribution in [2.75, 3.05) is 24.5 Å². The predicted molar refractivity (Wildman–Crippen MR) is 115 cm³/mol. The van der Waals surface area contributed by atoms with Gasteiger partial charge in [0.15, 0.2) is 0 Å². The van der Waals surface area contributed by atoms with Gasteiger partial charge in [-0.3, -0.25) is 4.72 Å². The Kier molecular flexibility index (Phi) is 6.36. The fourth-order valence-corrected chi connectivity index (χ4v) is 4.52. The standard InChI is InChI=1S/C21H20ClF3N4S/c22-16-4-6-17(7-5-16)30-28-11-14-2-1-9-29(12-14)20-18-10-15(21(23,24)25)3-8-19(18)26-13-27-20/h3-8,10,13-14,28H,1-2,9,11-12H2. The van der Waals surface area contributed by atoms with Gasteiger partial charge in [-0.1, -0.05) is 11.6 Å². The van der Waals surface area contributed by atoms with Crippen LogP contribution < -0.4 is 9.62 Å². The molecule has 2 aromatic carbocycles. The number of aromatic nitrogens is 2. The van der Waals surface area contributed by atoms with Crippen LogP contribution in [0, 0.1) is 5.92 Å². The zero-order valence-corrected chi connectivity index (χ0v) is 17.6. The Bertz CT molecular complexity index is 1010. The summed E-state index contributed by atoms with van der Waals surface area (Å²) in [5.74, 6) is 0.940. The minimum atomic E-state index is -4.39. The van der Waals surface area contributed by atoms with Crippen LogP contribution in [0.1, 0.15) is 18.4 Å². The normalized spacial score (nSPS) is 17.5. The second kappa shape index (κ2) is 8.99. The first-order chi connectivity index (χ1) is 14.4. The number of nitrogens with zero attached hydrogens (tertiary/aromatic N) is 3. The molecule has 1 atom stereocenters. The zero-order valence-electron chi connectivity index (χ0n) is 16.0. The zero-order chi connectivity index (χ0) is 21.1. The monoisotopic (exact) mass is 452 g/mol. The second-order valence-electron chi connectivity index (χ2n) is 7.29. The lowest BCUT2D eigenvalue weighted by molar-refractivity contribution is -0.137. The molecule has 1 aliphatic rings. The minimum absolute atomic E-state index is 0.370. The molecular formula is C21H20ClF3N4S. The number of hydrogen-bond donors (Lipinski definition) is 1. The molecule has 0 spiro atoms.